The molecule has 21 heavy (non-hydrogen) atoms. The highest BCUT2D eigenvalue weighted by atomic mass is 32.2. The normalized spacial score (nSPS) is 15.1. The lowest BCUT2D eigenvalue weighted by molar-refractivity contribution is 0.284. The van der Waals surface area contributed by atoms with E-state index in [4.69, 9.17) is 10.5 Å². The topological polar surface area (TPSA) is 35.2 Å². The average molecular weight is 299 g/mol. The van der Waals surface area contributed by atoms with Gasteiger partial charge in [0, 0.05) is 10.5 Å². The van der Waals surface area contributed by atoms with Gasteiger partial charge in [-0.15, -0.1) is 11.8 Å². The fraction of sp³-hybridized carbons (Fsp3) is 0.333. The van der Waals surface area contributed by atoms with Gasteiger partial charge in [-0.3, -0.25) is 0 Å². The Morgan fingerprint density at radius 2 is 2.00 bits per heavy atom. The molecule has 0 saturated heterocycles. The van der Waals surface area contributed by atoms with Crippen LogP contribution < -0.4 is 10.5 Å². The Morgan fingerprint density at radius 3 is 2.76 bits per heavy atom. The molecular weight excluding hydrogens is 278 g/mol. The van der Waals surface area contributed by atoms with Crippen molar-refractivity contribution >= 4 is 11.8 Å². The predicted molar refractivity (Wildman–Crippen MR) is 89.1 cm³/mol. The van der Waals surface area contributed by atoms with Crippen LogP contribution in [0.15, 0.2) is 47.4 Å². The highest BCUT2D eigenvalue weighted by molar-refractivity contribution is 7.99. The molecule has 0 spiro atoms. The van der Waals surface area contributed by atoms with Gasteiger partial charge in [0.05, 0.1) is 12.6 Å². The summed E-state index contributed by atoms with van der Waals surface area (Å²) >= 11 is 1.85. The maximum Gasteiger partial charge on any atom is 0.127 e. The van der Waals surface area contributed by atoms with Gasteiger partial charge in [-0.25, -0.2) is 0 Å². The van der Waals surface area contributed by atoms with Gasteiger partial charge in [-0.1, -0.05) is 37.3 Å². The zero-order chi connectivity index (χ0) is 14.7. The number of para-hydroxylation sites is 1. The third kappa shape index (κ3) is 3.09. The van der Waals surface area contributed by atoms with Crippen molar-refractivity contribution in [3.8, 4) is 5.75 Å². The molecule has 0 radical (unpaired) electrons. The van der Waals surface area contributed by atoms with Crippen molar-refractivity contribution in [2.45, 2.75) is 30.7 Å². The molecule has 1 unspecified atom stereocenters. The second-order valence-electron chi connectivity index (χ2n) is 5.27. The Hall–Kier alpha value is -1.45. The molecule has 2 N–H and O–H groups in total. The van der Waals surface area contributed by atoms with E-state index < -0.39 is 0 Å². The van der Waals surface area contributed by atoms with Gasteiger partial charge in [0.15, 0.2) is 0 Å². The minimum Gasteiger partial charge on any atom is -0.493 e. The van der Waals surface area contributed by atoms with Crippen LogP contribution in [0.4, 0.5) is 0 Å². The van der Waals surface area contributed by atoms with Gasteiger partial charge in [0.25, 0.3) is 0 Å². The molecule has 0 aromatic heterocycles. The third-order valence-corrected chi connectivity index (χ3v) is 4.74. The first-order chi connectivity index (χ1) is 10.3. The van der Waals surface area contributed by atoms with E-state index >= 15 is 0 Å². The number of rotatable bonds is 4. The lowest BCUT2D eigenvalue weighted by atomic mass is 9.94. The summed E-state index contributed by atoms with van der Waals surface area (Å²) in [5, 5.41) is 0. The highest BCUT2D eigenvalue weighted by Gasteiger charge is 2.19. The Kier molecular flexibility index (Phi) is 4.51. The quantitative estimate of drug-likeness (QED) is 0.861. The zero-order valence-electron chi connectivity index (χ0n) is 12.3. The summed E-state index contributed by atoms with van der Waals surface area (Å²) in [5.41, 5.74) is 10.00. The standard InChI is InChI=1S/C18H21NOS/c1-2-21-15-10-8-13(9-11-15)17(19)16-7-3-5-14-6-4-12-20-18(14)16/h3,5,7-11,17H,2,4,6,12,19H2,1H3. The van der Waals surface area contributed by atoms with Crippen LogP contribution in [-0.2, 0) is 6.42 Å². The highest BCUT2D eigenvalue weighted by Crippen LogP contribution is 2.34. The van der Waals surface area contributed by atoms with Crippen LogP contribution in [0.5, 0.6) is 5.75 Å². The van der Waals surface area contributed by atoms with Crippen LogP contribution in [0.2, 0.25) is 0 Å². The Bertz CT molecular complexity index is 609. The molecule has 1 atom stereocenters. The maximum absolute atomic E-state index is 6.48. The van der Waals surface area contributed by atoms with Crippen LogP contribution in [0.1, 0.15) is 36.1 Å². The molecule has 1 aliphatic rings. The van der Waals surface area contributed by atoms with Crippen LogP contribution in [0.3, 0.4) is 0 Å². The molecule has 0 saturated carbocycles. The van der Waals surface area contributed by atoms with Gasteiger partial charge in [0.1, 0.15) is 5.75 Å². The number of hydrogen-bond donors (Lipinski definition) is 1. The van der Waals surface area contributed by atoms with Crippen molar-refractivity contribution in [1.29, 1.82) is 0 Å². The lowest BCUT2D eigenvalue weighted by Crippen LogP contribution is -2.17. The van der Waals surface area contributed by atoms with Crippen molar-refractivity contribution in [3.05, 3.63) is 59.2 Å². The Balaban J connectivity index is 1.89. The molecule has 1 heterocycles. The molecule has 2 nitrogen and oxygen atoms in total. The zero-order valence-corrected chi connectivity index (χ0v) is 13.2. The number of ether oxygens (including phenoxy) is 1. The summed E-state index contributed by atoms with van der Waals surface area (Å²) < 4.78 is 5.88. The lowest BCUT2D eigenvalue weighted by Gasteiger charge is -2.23. The fourth-order valence-electron chi connectivity index (χ4n) is 2.78. The van der Waals surface area contributed by atoms with Crippen LogP contribution >= 0.6 is 11.8 Å². The number of thioether (sulfide) groups is 1. The molecule has 110 valence electrons. The van der Waals surface area contributed by atoms with E-state index in [0.717, 1.165) is 42.1 Å². The molecule has 3 rings (SSSR count). The molecule has 3 heteroatoms. The van der Waals surface area contributed by atoms with E-state index in [-0.39, 0.29) is 6.04 Å². The SMILES string of the molecule is CCSc1ccc(C(N)c2cccc3c2OCCC3)cc1. The molecule has 0 amide bonds. The van der Waals surface area contributed by atoms with E-state index in [0.29, 0.717) is 0 Å². The summed E-state index contributed by atoms with van der Waals surface area (Å²) in [6.07, 6.45) is 2.18. The number of aryl methyl sites for hydroxylation is 1. The monoisotopic (exact) mass is 299 g/mol. The van der Waals surface area contributed by atoms with Gasteiger partial charge in [0.2, 0.25) is 0 Å². The molecule has 1 aliphatic heterocycles. The second-order valence-corrected chi connectivity index (χ2v) is 6.60. The molecule has 2 aromatic carbocycles. The molecule has 0 aliphatic carbocycles. The second kappa shape index (κ2) is 6.54. The minimum absolute atomic E-state index is 0.126. The van der Waals surface area contributed by atoms with E-state index in [1.807, 2.05) is 11.8 Å². The van der Waals surface area contributed by atoms with Crippen molar-refractivity contribution in [3.63, 3.8) is 0 Å². The third-order valence-electron chi connectivity index (χ3n) is 3.85. The summed E-state index contributed by atoms with van der Waals surface area (Å²) in [6.45, 7) is 2.96. The predicted octanol–water partition coefficient (Wildman–Crippen LogP) is 4.17. The van der Waals surface area contributed by atoms with Crippen LogP contribution in [0, 0.1) is 0 Å². The van der Waals surface area contributed by atoms with Crippen molar-refractivity contribution in [1.82, 2.24) is 0 Å². The minimum atomic E-state index is -0.126. The first-order valence-corrected chi connectivity index (χ1v) is 8.51. The molecule has 0 bridgehead atoms. The van der Waals surface area contributed by atoms with Crippen LogP contribution in [-0.4, -0.2) is 12.4 Å². The van der Waals surface area contributed by atoms with Crippen molar-refractivity contribution in [2.24, 2.45) is 5.73 Å². The van der Waals surface area contributed by atoms with Gasteiger partial charge in [-0.05, 0) is 41.9 Å². The van der Waals surface area contributed by atoms with Gasteiger partial charge in [-0.2, -0.15) is 0 Å². The number of benzene rings is 2. The van der Waals surface area contributed by atoms with E-state index in [2.05, 4.69) is 49.4 Å². The maximum atomic E-state index is 6.48. The fourth-order valence-corrected chi connectivity index (χ4v) is 3.44. The number of nitrogens with two attached hydrogens (primary N) is 1. The van der Waals surface area contributed by atoms with Crippen molar-refractivity contribution < 1.29 is 4.74 Å². The largest absolute Gasteiger partial charge is 0.493 e. The Labute approximate surface area is 130 Å². The van der Waals surface area contributed by atoms with Crippen molar-refractivity contribution in [2.75, 3.05) is 12.4 Å². The molecule has 0 fully saturated rings. The summed E-state index contributed by atoms with van der Waals surface area (Å²) in [7, 11) is 0. The number of hydrogen-bond acceptors (Lipinski definition) is 3. The van der Waals surface area contributed by atoms with Crippen LogP contribution in [0.25, 0.3) is 0 Å². The first kappa shape index (κ1) is 14.5. The smallest absolute Gasteiger partial charge is 0.127 e. The summed E-state index contributed by atoms with van der Waals surface area (Å²) in [4.78, 5) is 1.29. The number of fused-ring (bicyclic) bond motifs is 1. The van der Waals surface area contributed by atoms with E-state index in [1.165, 1.54) is 10.5 Å². The van der Waals surface area contributed by atoms with E-state index in [9.17, 15) is 0 Å². The average Bonchev–Trinajstić information content (AvgIpc) is 2.55. The van der Waals surface area contributed by atoms with Gasteiger partial charge >= 0.3 is 0 Å². The van der Waals surface area contributed by atoms with E-state index in [1.54, 1.807) is 0 Å². The summed E-state index contributed by atoms with van der Waals surface area (Å²) in [6, 6.07) is 14.8. The first-order valence-electron chi connectivity index (χ1n) is 7.52. The Morgan fingerprint density at radius 1 is 1.19 bits per heavy atom. The molecular formula is C18H21NOS. The molecule has 2 aromatic rings. The summed E-state index contributed by atoms with van der Waals surface area (Å²) in [5.74, 6) is 2.09. The van der Waals surface area contributed by atoms with Gasteiger partial charge < -0.3 is 10.5 Å².